The molecule has 3 atom stereocenters. The number of benzene rings is 1. The molecule has 1 amide bonds. The summed E-state index contributed by atoms with van der Waals surface area (Å²) in [4.78, 5) is 12.1. The largest absolute Gasteiger partial charge is 0.416 e. The second-order valence-corrected chi connectivity index (χ2v) is 5.35. The van der Waals surface area contributed by atoms with Gasteiger partial charge in [-0.1, -0.05) is 0 Å². The maximum Gasteiger partial charge on any atom is 0.416 e. The van der Waals surface area contributed by atoms with Crippen LogP contribution < -0.4 is 5.32 Å². The molecule has 0 unspecified atom stereocenters. The van der Waals surface area contributed by atoms with Crippen LogP contribution in [0.25, 0.3) is 0 Å². The fourth-order valence-corrected chi connectivity index (χ4v) is 2.62. The van der Waals surface area contributed by atoms with Crippen molar-refractivity contribution in [1.82, 2.24) is 5.32 Å². The van der Waals surface area contributed by atoms with Gasteiger partial charge in [0.15, 0.2) is 0 Å². The quantitative estimate of drug-likeness (QED) is 0.900. The van der Waals surface area contributed by atoms with Crippen LogP contribution in [0, 0.1) is 0 Å². The van der Waals surface area contributed by atoms with Crippen LogP contribution in [0.15, 0.2) is 24.3 Å². The molecule has 7 heteroatoms. The Balaban J connectivity index is 2.03. The standard InChI is InChI=1S/C15H18F3NO3/c1-22-12-4-2-3-11(13(12)20)19-14(21)9-5-7-10(8-6-9)15(16,17)18/h5-8,11-13,20H,2-4H2,1H3,(H,19,21)/t11-,12-,13-/m1/s1. The fraction of sp³-hybridized carbons (Fsp3) is 0.533. The van der Waals surface area contributed by atoms with Crippen molar-refractivity contribution < 1.29 is 27.8 Å². The Morgan fingerprint density at radius 3 is 2.45 bits per heavy atom. The molecule has 0 radical (unpaired) electrons. The van der Waals surface area contributed by atoms with Crippen LogP contribution in [-0.2, 0) is 10.9 Å². The maximum absolute atomic E-state index is 12.5. The predicted octanol–water partition coefficient (Wildman–Crippen LogP) is 2.36. The highest BCUT2D eigenvalue weighted by atomic mass is 19.4. The Labute approximate surface area is 126 Å². The normalized spacial score (nSPS) is 25.8. The Kier molecular flexibility index (Phi) is 5.08. The van der Waals surface area contributed by atoms with E-state index in [4.69, 9.17) is 4.74 Å². The van der Waals surface area contributed by atoms with E-state index in [1.807, 2.05) is 0 Å². The van der Waals surface area contributed by atoms with Gasteiger partial charge in [-0.05, 0) is 43.5 Å². The van der Waals surface area contributed by atoms with Crippen molar-refractivity contribution in [3.8, 4) is 0 Å². The van der Waals surface area contributed by atoms with Gasteiger partial charge in [-0.3, -0.25) is 4.79 Å². The number of rotatable bonds is 3. The predicted molar refractivity (Wildman–Crippen MR) is 73.4 cm³/mol. The van der Waals surface area contributed by atoms with Gasteiger partial charge in [0.05, 0.1) is 17.7 Å². The second kappa shape index (κ2) is 6.66. The Hall–Kier alpha value is -1.60. The molecule has 0 heterocycles. The van der Waals surface area contributed by atoms with Gasteiger partial charge in [0, 0.05) is 12.7 Å². The van der Waals surface area contributed by atoms with Gasteiger partial charge in [-0.15, -0.1) is 0 Å². The third-order valence-corrected chi connectivity index (χ3v) is 3.89. The lowest BCUT2D eigenvalue weighted by molar-refractivity contribution is -0.137. The van der Waals surface area contributed by atoms with E-state index in [0.29, 0.717) is 12.8 Å². The highest BCUT2D eigenvalue weighted by Crippen LogP contribution is 2.29. The first-order valence-corrected chi connectivity index (χ1v) is 7.02. The number of aliphatic hydroxyl groups excluding tert-OH is 1. The number of hydrogen-bond donors (Lipinski definition) is 2. The molecule has 0 aromatic heterocycles. The lowest BCUT2D eigenvalue weighted by Crippen LogP contribution is -2.51. The van der Waals surface area contributed by atoms with E-state index < -0.39 is 29.8 Å². The summed E-state index contributed by atoms with van der Waals surface area (Å²) >= 11 is 0. The number of ether oxygens (including phenoxy) is 1. The number of halogens is 3. The summed E-state index contributed by atoms with van der Waals surface area (Å²) < 4.78 is 42.6. The van der Waals surface area contributed by atoms with Crippen LogP contribution in [0.5, 0.6) is 0 Å². The Morgan fingerprint density at radius 1 is 1.27 bits per heavy atom. The highest BCUT2D eigenvalue weighted by molar-refractivity contribution is 5.94. The number of alkyl halides is 3. The average Bonchev–Trinajstić information content (AvgIpc) is 2.48. The number of nitrogens with one attached hydrogen (secondary N) is 1. The molecule has 2 N–H and O–H groups in total. The summed E-state index contributed by atoms with van der Waals surface area (Å²) in [6.45, 7) is 0. The van der Waals surface area contributed by atoms with Crippen LogP contribution in [0.4, 0.5) is 13.2 Å². The molecule has 0 spiro atoms. The topological polar surface area (TPSA) is 58.6 Å². The number of methoxy groups -OCH3 is 1. The van der Waals surface area contributed by atoms with Gasteiger partial charge in [0.2, 0.25) is 0 Å². The van der Waals surface area contributed by atoms with Crippen LogP contribution >= 0.6 is 0 Å². The summed E-state index contributed by atoms with van der Waals surface area (Å²) in [7, 11) is 1.49. The number of aliphatic hydroxyl groups is 1. The fourth-order valence-electron chi connectivity index (χ4n) is 2.62. The summed E-state index contributed by atoms with van der Waals surface area (Å²) in [5, 5.41) is 12.7. The molecule has 22 heavy (non-hydrogen) atoms. The van der Waals surface area contributed by atoms with Gasteiger partial charge in [-0.2, -0.15) is 13.2 Å². The summed E-state index contributed by atoms with van der Waals surface area (Å²) in [5.74, 6) is -0.505. The van der Waals surface area contributed by atoms with Crippen LogP contribution in [0.3, 0.4) is 0 Å². The molecule has 1 saturated carbocycles. The molecule has 1 fully saturated rings. The molecular formula is C15H18F3NO3. The minimum Gasteiger partial charge on any atom is -0.388 e. The van der Waals surface area contributed by atoms with Gasteiger partial charge in [0.25, 0.3) is 5.91 Å². The van der Waals surface area contributed by atoms with Gasteiger partial charge in [-0.25, -0.2) is 0 Å². The van der Waals surface area contributed by atoms with E-state index in [0.717, 1.165) is 30.7 Å². The minimum absolute atomic E-state index is 0.125. The molecule has 1 aliphatic rings. The van der Waals surface area contributed by atoms with Crippen molar-refractivity contribution in [1.29, 1.82) is 0 Å². The van der Waals surface area contributed by atoms with E-state index in [1.165, 1.54) is 7.11 Å². The van der Waals surface area contributed by atoms with Crippen LogP contribution in [0.2, 0.25) is 0 Å². The maximum atomic E-state index is 12.5. The van der Waals surface area contributed by atoms with E-state index in [1.54, 1.807) is 0 Å². The lowest BCUT2D eigenvalue weighted by atomic mass is 9.89. The molecule has 122 valence electrons. The first-order valence-electron chi connectivity index (χ1n) is 7.02. The Morgan fingerprint density at radius 2 is 1.91 bits per heavy atom. The number of carbonyl (C=O) groups is 1. The third-order valence-electron chi connectivity index (χ3n) is 3.89. The van der Waals surface area contributed by atoms with Crippen molar-refractivity contribution in [2.24, 2.45) is 0 Å². The number of hydrogen-bond acceptors (Lipinski definition) is 3. The SMILES string of the molecule is CO[C@@H]1CCC[C@@H](NC(=O)c2ccc(C(F)(F)F)cc2)[C@H]1O. The molecule has 0 bridgehead atoms. The van der Waals surface area contributed by atoms with Crippen molar-refractivity contribution >= 4 is 5.91 Å². The van der Waals surface area contributed by atoms with Crippen LogP contribution in [-0.4, -0.2) is 36.4 Å². The molecule has 0 saturated heterocycles. The zero-order valence-corrected chi connectivity index (χ0v) is 12.1. The second-order valence-electron chi connectivity index (χ2n) is 5.35. The summed E-state index contributed by atoms with van der Waals surface area (Å²) in [6, 6.07) is 3.52. The molecular weight excluding hydrogens is 299 g/mol. The Bertz CT molecular complexity index is 516. The summed E-state index contributed by atoms with van der Waals surface area (Å²) in [6.07, 6.45) is -3.48. The first kappa shape index (κ1) is 16.8. The smallest absolute Gasteiger partial charge is 0.388 e. The summed E-state index contributed by atoms with van der Waals surface area (Å²) in [5.41, 5.74) is -0.680. The first-order chi connectivity index (χ1) is 10.3. The monoisotopic (exact) mass is 317 g/mol. The molecule has 2 rings (SSSR count). The van der Waals surface area contributed by atoms with Gasteiger partial charge < -0.3 is 15.2 Å². The molecule has 0 aliphatic heterocycles. The van der Waals surface area contributed by atoms with E-state index in [9.17, 15) is 23.1 Å². The van der Waals surface area contributed by atoms with Crippen LogP contribution in [0.1, 0.15) is 35.2 Å². The van der Waals surface area contributed by atoms with Crippen molar-refractivity contribution in [3.05, 3.63) is 35.4 Å². The van der Waals surface area contributed by atoms with Gasteiger partial charge in [0.1, 0.15) is 6.10 Å². The van der Waals surface area contributed by atoms with Gasteiger partial charge >= 0.3 is 6.18 Å². The van der Waals surface area contributed by atoms with E-state index >= 15 is 0 Å². The average molecular weight is 317 g/mol. The third kappa shape index (κ3) is 3.78. The number of carbonyl (C=O) groups excluding carboxylic acids is 1. The minimum atomic E-state index is -4.43. The zero-order valence-electron chi connectivity index (χ0n) is 12.1. The lowest BCUT2D eigenvalue weighted by Gasteiger charge is -2.34. The zero-order chi connectivity index (χ0) is 16.3. The number of amides is 1. The molecule has 4 nitrogen and oxygen atoms in total. The van der Waals surface area contributed by atoms with Crippen molar-refractivity contribution in [2.45, 2.75) is 43.7 Å². The van der Waals surface area contributed by atoms with E-state index in [-0.39, 0.29) is 11.7 Å². The highest BCUT2D eigenvalue weighted by Gasteiger charge is 2.33. The molecule has 1 aromatic rings. The van der Waals surface area contributed by atoms with Crippen molar-refractivity contribution in [3.63, 3.8) is 0 Å². The molecule has 1 aromatic carbocycles. The molecule has 1 aliphatic carbocycles. The van der Waals surface area contributed by atoms with E-state index in [2.05, 4.69) is 5.32 Å². The van der Waals surface area contributed by atoms with Crippen molar-refractivity contribution in [2.75, 3.05) is 7.11 Å².